The van der Waals surface area contributed by atoms with Gasteiger partial charge in [0.2, 0.25) is 0 Å². The Morgan fingerprint density at radius 2 is 2.36 bits per heavy atom. The summed E-state index contributed by atoms with van der Waals surface area (Å²) in [5.74, 6) is 0. The minimum absolute atomic E-state index is 1.02. The third kappa shape index (κ3) is 2.80. The summed E-state index contributed by atoms with van der Waals surface area (Å²) in [6.45, 7) is 0. The fraction of sp³-hybridized carbons (Fsp3) is 0.250. The minimum atomic E-state index is 1.02. The first-order valence-corrected chi connectivity index (χ1v) is 3.40. The first-order valence-electron chi connectivity index (χ1n) is 3.40. The Kier molecular flexibility index (Phi) is 2.60. The van der Waals surface area contributed by atoms with Crippen molar-refractivity contribution in [3.05, 3.63) is 30.1 Å². The summed E-state index contributed by atoms with van der Waals surface area (Å²) < 4.78 is 0. The number of rotatable bonds is 2. The first-order chi connectivity index (χ1) is 5.29. The van der Waals surface area contributed by atoms with Crippen LogP contribution in [-0.4, -0.2) is 30.3 Å². The second-order valence-electron chi connectivity index (χ2n) is 2.38. The number of hydrazone groups is 1. The highest BCUT2D eigenvalue weighted by Crippen LogP contribution is 1.90. The first kappa shape index (κ1) is 7.72. The van der Waals surface area contributed by atoms with Gasteiger partial charge in [-0.3, -0.25) is 4.98 Å². The zero-order valence-electron chi connectivity index (χ0n) is 6.73. The van der Waals surface area contributed by atoms with Crippen LogP contribution in [0, 0.1) is 0 Å². The van der Waals surface area contributed by atoms with E-state index in [2.05, 4.69) is 10.1 Å². The molecule has 0 radical (unpaired) electrons. The van der Waals surface area contributed by atoms with Gasteiger partial charge < -0.3 is 5.01 Å². The highest BCUT2D eigenvalue weighted by atomic mass is 15.4. The Hall–Kier alpha value is -1.38. The molecule has 3 heteroatoms. The highest BCUT2D eigenvalue weighted by Gasteiger charge is 1.83. The molecule has 0 N–H and O–H groups in total. The second-order valence-corrected chi connectivity index (χ2v) is 2.38. The molecular formula is C8H11N3. The molecule has 0 amide bonds. The van der Waals surface area contributed by atoms with Gasteiger partial charge in [-0.15, -0.1) is 0 Å². The lowest BCUT2D eigenvalue weighted by Crippen LogP contribution is -2.01. The molecule has 1 aromatic rings. The summed E-state index contributed by atoms with van der Waals surface area (Å²) in [7, 11) is 3.76. The van der Waals surface area contributed by atoms with E-state index in [9.17, 15) is 0 Å². The third-order valence-electron chi connectivity index (χ3n) is 1.12. The molecule has 0 aromatic carbocycles. The summed E-state index contributed by atoms with van der Waals surface area (Å²) in [5, 5.41) is 5.81. The quantitative estimate of drug-likeness (QED) is 0.463. The Labute approximate surface area is 66.4 Å². The maximum Gasteiger partial charge on any atom is 0.0558 e. The van der Waals surface area contributed by atoms with E-state index < -0.39 is 0 Å². The van der Waals surface area contributed by atoms with Crippen LogP contribution in [0.3, 0.4) is 0 Å². The van der Waals surface area contributed by atoms with Crippen molar-refractivity contribution in [1.82, 2.24) is 9.99 Å². The van der Waals surface area contributed by atoms with Crippen molar-refractivity contribution >= 4 is 6.21 Å². The van der Waals surface area contributed by atoms with Gasteiger partial charge >= 0.3 is 0 Å². The van der Waals surface area contributed by atoms with Crippen molar-refractivity contribution in [1.29, 1.82) is 0 Å². The Morgan fingerprint density at radius 3 is 2.91 bits per heavy atom. The zero-order valence-corrected chi connectivity index (χ0v) is 6.73. The molecule has 0 aliphatic rings. The van der Waals surface area contributed by atoms with Crippen LogP contribution in [0.1, 0.15) is 5.56 Å². The van der Waals surface area contributed by atoms with E-state index in [0.29, 0.717) is 0 Å². The third-order valence-corrected chi connectivity index (χ3v) is 1.12. The summed E-state index contributed by atoms with van der Waals surface area (Å²) in [4.78, 5) is 3.95. The van der Waals surface area contributed by atoms with Gasteiger partial charge in [-0.1, -0.05) is 6.07 Å². The van der Waals surface area contributed by atoms with Crippen LogP contribution in [0.4, 0.5) is 0 Å². The molecule has 58 valence electrons. The standard InChI is InChI=1S/C8H11N3/c1-11(2)10-7-8-4-3-5-9-6-8/h3-7H,1-2H3. The highest BCUT2D eigenvalue weighted by molar-refractivity contribution is 5.78. The predicted octanol–water partition coefficient (Wildman–Crippen LogP) is 0.977. The molecule has 0 bridgehead atoms. The van der Waals surface area contributed by atoms with Gasteiger partial charge in [-0.05, 0) is 6.07 Å². The summed E-state index contributed by atoms with van der Waals surface area (Å²) in [6, 6.07) is 3.84. The van der Waals surface area contributed by atoms with Crippen molar-refractivity contribution < 1.29 is 0 Å². The molecule has 0 aliphatic carbocycles. The average Bonchev–Trinajstić information content (AvgIpc) is 2.03. The number of hydrogen-bond acceptors (Lipinski definition) is 3. The van der Waals surface area contributed by atoms with Crippen molar-refractivity contribution in [2.75, 3.05) is 14.1 Å². The van der Waals surface area contributed by atoms with E-state index in [1.165, 1.54) is 0 Å². The molecule has 11 heavy (non-hydrogen) atoms. The van der Waals surface area contributed by atoms with Gasteiger partial charge in [0.1, 0.15) is 0 Å². The SMILES string of the molecule is CN(C)N=Cc1cccnc1. The lowest BCUT2D eigenvalue weighted by atomic mass is 10.3. The number of hydrogen-bond donors (Lipinski definition) is 0. The van der Waals surface area contributed by atoms with Gasteiger partial charge in [-0.2, -0.15) is 5.10 Å². The van der Waals surface area contributed by atoms with Crippen LogP contribution in [0.15, 0.2) is 29.6 Å². The van der Waals surface area contributed by atoms with Crippen molar-refractivity contribution in [3.63, 3.8) is 0 Å². The molecule has 0 saturated heterocycles. The summed E-state index contributed by atoms with van der Waals surface area (Å²) >= 11 is 0. The monoisotopic (exact) mass is 149 g/mol. The molecule has 0 fully saturated rings. The predicted molar refractivity (Wildman–Crippen MR) is 45.5 cm³/mol. The van der Waals surface area contributed by atoms with E-state index >= 15 is 0 Å². The summed E-state index contributed by atoms with van der Waals surface area (Å²) in [5.41, 5.74) is 1.02. The lowest BCUT2D eigenvalue weighted by molar-refractivity contribution is 0.440. The van der Waals surface area contributed by atoms with E-state index in [1.54, 1.807) is 23.6 Å². The molecule has 0 unspecified atom stereocenters. The lowest BCUT2D eigenvalue weighted by Gasteiger charge is -2.01. The molecule has 0 aliphatic heterocycles. The van der Waals surface area contributed by atoms with Crippen LogP contribution in [-0.2, 0) is 0 Å². The van der Waals surface area contributed by atoms with Crippen LogP contribution in [0.25, 0.3) is 0 Å². The number of pyridine rings is 1. The zero-order chi connectivity index (χ0) is 8.10. The number of aromatic nitrogens is 1. The van der Waals surface area contributed by atoms with E-state index in [1.807, 2.05) is 26.2 Å². The van der Waals surface area contributed by atoms with E-state index in [4.69, 9.17) is 0 Å². The Bertz CT molecular complexity index is 228. The van der Waals surface area contributed by atoms with Gasteiger partial charge in [-0.25, -0.2) is 0 Å². The average molecular weight is 149 g/mol. The van der Waals surface area contributed by atoms with E-state index in [-0.39, 0.29) is 0 Å². The largest absolute Gasteiger partial charge is 0.303 e. The van der Waals surface area contributed by atoms with Gasteiger partial charge in [0.25, 0.3) is 0 Å². The Balaban J connectivity index is 2.65. The minimum Gasteiger partial charge on any atom is -0.303 e. The number of nitrogens with zero attached hydrogens (tertiary/aromatic N) is 3. The second kappa shape index (κ2) is 3.71. The van der Waals surface area contributed by atoms with Crippen molar-refractivity contribution in [3.8, 4) is 0 Å². The normalized spacial score (nSPS) is 10.4. The van der Waals surface area contributed by atoms with Crippen molar-refractivity contribution in [2.24, 2.45) is 5.10 Å². The van der Waals surface area contributed by atoms with Crippen LogP contribution < -0.4 is 0 Å². The molecular weight excluding hydrogens is 138 g/mol. The topological polar surface area (TPSA) is 28.5 Å². The van der Waals surface area contributed by atoms with Gasteiger partial charge in [0.05, 0.1) is 6.21 Å². The maximum absolute atomic E-state index is 4.06. The molecule has 1 rings (SSSR count). The molecule has 1 aromatic heterocycles. The van der Waals surface area contributed by atoms with Crippen LogP contribution >= 0.6 is 0 Å². The van der Waals surface area contributed by atoms with Crippen LogP contribution in [0.2, 0.25) is 0 Å². The maximum atomic E-state index is 4.06. The molecule has 0 atom stereocenters. The molecule has 1 heterocycles. The summed E-state index contributed by atoms with van der Waals surface area (Å²) in [6.07, 6.45) is 5.28. The van der Waals surface area contributed by atoms with Gasteiger partial charge in [0.15, 0.2) is 0 Å². The fourth-order valence-electron chi connectivity index (χ4n) is 0.634. The molecule has 3 nitrogen and oxygen atoms in total. The van der Waals surface area contributed by atoms with Crippen LogP contribution in [0.5, 0.6) is 0 Å². The Morgan fingerprint density at radius 1 is 1.55 bits per heavy atom. The molecule has 0 saturated carbocycles. The van der Waals surface area contributed by atoms with Crippen molar-refractivity contribution in [2.45, 2.75) is 0 Å². The van der Waals surface area contributed by atoms with Gasteiger partial charge in [0, 0.05) is 32.1 Å². The van der Waals surface area contributed by atoms with E-state index in [0.717, 1.165) is 5.56 Å². The smallest absolute Gasteiger partial charge is 0.0558 e. The molecule has 0 spiro atoms. The fourth-order valence-corrected chi connectivity index (χ4v) is 0.634.